The summed E-state index contributed by atoms with van der Waals surface area (Å²) in [7, 11) is 0. The lowest BCUT2D eigenvalue weighted by atomic mass is 9.71. The van der Waals surface area contributed by atoms with Gasteiger partial charge in [-0.1, -0.05) is 62.6 Å². The zero-order valence-electron chi connectivity index (χ0n) is 12.3. The Morgan fingerprint density at radius 2 is 1.80 bits per heavy atom. The first kappa shape index (κ1) is 12.3. The number of anilines is 1. The molecule has 1 heteroatoms. The standard InChI is InChI=1S/C19H23N/c1-14-13-19(11-5-2-6-12-19)20-18-16(14)10-9-15-7-3-4-8-17(15)18/h3-4,7-10,14,20H,2,5-6,11-13H2,1H3/t14-/m0/s1. The van der Waals surface area contributed by atoms with Crippen molar-refractivity contribution in [2.75, 3.05) is 5.32 Å². The second kappa shape index (κ2) is 4.51. The predicted molar refractivity (Wildman–Crippen MR) is 86.4 cm³/mol. The maximum Gasteiger partial charge on any atom is 0.0459 e. The SMILES string of the molecule is C[C@H]1CC2(CCCCC2)Nc2c1ccc1ccccc21. The van der Waals surface area contributed by atoms with Crippen LogP contribution in [0.15, 0.2) is 36.4 Å². The minimum absolute atomic E-state index is 0.370. The van der Waals surface area contributed by atoms with E-state index in [0.29, 0.717) is 11.5 Å². The Hall–Kier alpha value is -1.50. The molecule has 0 aromatic heterocycles. The smallest absolute Gasteiger partial charge is 0.0459 e. The fourth-order valence-corrected chi connectivity index (χ4v) is 4.41. The summed E-state index contributed by atoms with van der Waals surface area (Å²) in [6.07, 6.45) is 8.19. The predicted octanol–water partition coefficient (Wildman–Crippen LogP) is 5.46. The summed E-state index contributed by atoms with van der Waals surface area (Å²) < 4.78 is 0. The average molecular weight is 265 g/mol. The van der Waals surface area contributed by atoms with Crippen molar-refractivity contribution < 1.29 is 0 Å². The molecule has 20 heavy (non-hydrogen) atoms. The fourth-order valence-electron chi connectivity index (χ4n) is 4.41. The summed E-state index contributed by atoms with van der Waals surface area (Å²) in [6, 6.07) is 13.4. The van der Waals surface area contributed by atoms with Gasteiger partial charge >= 0.3 is 0 Å². The van der Waals surface area contributed by atoms with Crippen LogP contribution >= 0.6 is 0 Å². The summed E-state index contributed by atoms with van der Waals surface area (Å²) in [6.45, 7) is 2.41. The van der Waals surface area contributed by atoms with Crippen molar-refractivity contribution in [2.24, 2.45) is 0 Å². The zero-order valence-corrected chi connectivity index (χ0v) is 12.3. The van der Waals surface area contributed by atoms with Crippen LogP contribution in [-0.4, -0.2) is 5.54 Å². The highest BCUT2D eigenvalue weighted by molar-refractivity contribution is 5.96. The molecule has 0 saturated heterocycles. The van der Waals surface area contributed by atoms with Gasteiger partial charge in [0.25, 0.3) is 0 Å². The molecular formula is C19H23N. The number of hydrogen-bond acceptors (Lipinski definition) is 1. The van der Waals surface area contributed by atoms with Gasteiger partial charge in [-0.2, -0.15) is 0 Å². The van der Waals surface area contributed by atoms with Gasteiger partial charge < -0.3 is 5.32 Å². The fraction of sp³-hybridized carbons (Fsp3) is 0.474. The van der Waals surface area contributed by atoms with Crippen LogP contribution in [0.5, 0.6) is 0 Å². The zero-order chi connectivity index (χ0) is 13.6. The van der Waals surface area contributed by atoms with Gasteiger partial charge in [-0.15, -0.1) is 0 Å². The lowest BCUT2D eigenvalue weighted by molar-refractivity contribution is 0.282. The van der Waals surface area contributed by atoms with Crippen LogP contribution in [0, 0.1) is 0 Å². The molecule has 4 rings (SSSR count). The molecule has 1 fully saturated rings. The molecule has 1 nitrogen and oxygen atoms in total. The molecule has 1 aliphatic heterocycles. The van der Waals surface area contributed by atoms with E-state index in [-0.39, 0.29) is 0 Å². The molecule has 1 aliphatic carbocycles. The highest BCUT2D eigenvalue weighted by Gasteiger charge is 2.38. The minimum Gasteiger partial charge on any atom is -0.379 e. The molecule has 0 bridgehead atoms. The van der Waals surface area contributed by atoms with Crippen molar-refractivity contribution in [1.29, 1.82) is 0 Å². The Kier molecular flexibility index (Phi) is 2.76. The topological polar surface area (TPSA) is 12.0 Å². The Morgan fingerprint density at radius 1 is 1.00 bits per heavy atom. The second-order valence-electron chi connectivity index (χ2n) is 6.82. The summed E-state index contributed by atoms with van der Waals surface area (Å²) in [5, 5.41) is 6.75. The molecule has 0 unspecified atom stereocenters. The Balaban J connectivity index is 1.86. The Morgan fingerprint density at radius 3 is 2.65 bits per heavy atom. The van der Waals surface area contributed by atoms with Crippen LogP contribution in [0.1, 0.15) is 56.9 Å². The molecule has 2 aromatic carbocycles. The summed E-state index contributed by atoms with van der Waals surface area (Å²) in [5.74, 6) is 0.675. The van der Waals surface area contributed by atoms with Crippen molar-refractivity contribution in [3.8, 4) is 0 Å². The molecule has 1 spiro atoms. The molecule has 0 amide bonds. The third-order valence-electron chi connectivity index (χ3n) is 5.39. The number of fused-ring (bicyclic) bond motifs is 3. The minimum atomic E-state index is 0.370. The van der Waals surface area contributed by atoms with E-state index < -0.39 is 0 Å². The Labute approximate surface area is 121 Å². The molecule has 1 atom stereocenters. The largest absolute Gasteiger partial charge is 0.379 e. The number of benzene rings is 2. The van der Waals surface area contributed by atoms with Crippen LogP contribution in [0.4, 0.5) is 5.69 Å². The highest BCUT2D eigenvalue weighted by Crippen LogP contribution is 2.47. The molecule has 1 heterocycles. The lowest BCUT2D eigenvalue weighted by Gasteiger charge is -2.45. The number of nitrogens with one attached hydrogen (secondary N) is 1. The van der Waals surface area contributed by atoms with Gasteiger partial charge in [0, 0.05) is 16.6 Å². The first-order valence-corrected chi connectivity index (χ1v) is 8.07. The van der Waals surface area contributed by atoms with Gasteiger partial charge in [-0.3, -0.25) is 0 Å². The molecule has 1 saturated carbocycles. The molecule has 104 valence electrons. The van der Waals surface area contributed by atoms with Crippen LogP contribution in [0.2, 0.25) is 0 Å². The van der Waals surface area contributed by atoms with E-state index in [1.807, 2.05) is 0 Å². The summed E-state index contributed by atoms with van der Waals surface area (Å²) in [5.41, 5.74) is 3.30. The maximum atomic E-state index is 3.99. The van der Waals surface area contributed by atoms with Crippen LogP contribution < -0.4 is 5.32 Å². The molecule has 2 aromatic rings. The van der Waals surface area contributed by atoms with Gasteiger partial charge in [0.2, 0.25) is 0 Å². The molecular weight excluding hydrogens is 242 g/mol. The number of rotatable bonds is 0. The van der Waals surface area contributed by atoms with E-state index in [4.69, 9.17) is 0 Å². The van der Waals surface area contributed by atoms with Gasteiger partial charge in [-0.05, 0) is 36.1 Å². The monoisotopic (exact) mass is 265 g/mol. The summed E-state index contributed by atoms with van der Waals surface area (Å²) >= 11 is 0. The van der Waals surface area contributed by atoms with E-state index >= 15 is 0 Å². The Bertz CT molecular complexity index is 637. The van der Waals surface area contributed by atoms with Crippen molar-refractivity contribution >= 4 is 16.5 Å². The molecule has 2 aliphatic rings. The third-order valence-corrected chi connectivity index (χ3v) is 5.39. The van der Waals surface area contributed by atoms with Crippen LogP contribution in [0.25, 0.3) is 10.8 Å². The van der Waals surface area contributed by atoms with E-state index in [0.717, 1.165) is 0 Å². The van der Waals surface area contributed by atoms with Crippen molar-refractivity contribution in [1.82, 2.24) is 0 Å². The number of hydrogen-bond donors (Lipinski definition) is 1. The van der Waals surface area contributed by atoms with Gasteiger partial charge in [0.1, 0.15) is 0 Å². The van der Waals surface area contributed by atoms with Crippen molar-refractivity contribution in [3.05, 3.63) is 42.0 Å². The first-order chi connectivity index (χ1) is 9.77. The highest BCUT2D eigenvalue weighted by atomic mass is 15.0. The average Bonchev–Trinajstić information content (AvgIpc) is 2.48. The molecule has 0 radical (unpaired) electrons. The van der Waals surface area contributed by atoms with Crippen molar-refractivity contribution in [2.45, 2.75) is 56.9 Å². The second-order valence-corrected chi connectivity index (χ2v) is 6.82. The van der Waals surface area contributed by atoms with Crippen LogP contribution in [0.3, 0.4) is 0 Å². The van der Waals surface area contributed by atoms with E-state index in [1.165, 1.54) is 60.5 Å². The van der Waals surface area contributed by atoms with Crippen molar-refractivity contribution in [3.63, 3.8) is 0 Å². The summed E-state index contributed by atoms with van der Waals surface area (Å²) in [4.78, 5) is 0. The van der Waals surface area contributed by atoms with Gasteiger partial charge in [0.15, 0.2) is 0 Å². The van der Waals surface area contributed by atoms with E-state index in [9.17, 15) is 0 Å². The quantitative estimate of drug-likeness (QED) is 0.666. The van der Waals surface area contributed by atoms with Crippen LogP contribution in [-0.2, 0) is 0 Å². The van der Waals surface area contributed by atoms with E-state index in [1.54, 1.807) is 0 Å². The first-order valence-electron chi connectivity index (χ1n) is 8.07. The van der Waals surface area contributed by atoms with E-state index in [2.05, 4.69) is 48.6 Å². The van der Waals surface area contributed by atoms with Gasteiger partial charge in [0.05, 0.1) is 0 Å². The maximum absolute atomic E-state index is 3.99. The lowest BCUT2D eigenvalue weighted by Crippen LogP contribution is -2.44. The normalized spacial score (nSPS) is 24.4. The van der Waals surface area contributed by atoms with Gasteiger partial charge in [-0.25, -0.2) is 0 Å². The molecule has 1 N–H and O–H groups in total. The third kappa shape index (κ3) is 1.83.